The highest BCUT2D eigenvalue weighted by atomic mass is 19.4. The maximum Gasteiger partial charge on any atom is 0.437 e. The van der Waals surface area contributed by atoms with Crippen molar-refractivity contribution < 1.29 is 18.4 Å². The minimum absolute atomic E-state index is 0.200. The van der Waals surface area contributed by atoms with Crippen LogP contribution in [0.3, 0.4) is 0 Å². The molecule has 5 heteroatoms. The van der Waals surface area contributed by atoms with Crippen molar-refractivity contribution in [2.24, 2.45) is 5.16 Å². The first-order chi connectivity index (χ1) is 9.95. The van der Waals surface area contributed by atoms with Gasteiger partial charge in [-0.15, -0.1) is 6.42 Å². The fourth-order valence-electron chi connectivity index (χ4n) is 1.86. The van der Waals surface area contributed by atoms with Crippen LogP contribution in [0.15, 0.2) is 53.7 Å². The van der Waals surface area contributed by atoms with Crippen molar-refractivity contribution in [3.8, 4) is 23.5 Å². The van der Waals surface area contributed by atoms with Crippen molar-refractivity contribution in [1.82, 2.24) is 0 Å². The summed E-state index contributed by atoms with van der Waals surface area (Å²) < 4.78 is 37.8. The number of terminal acetylenes is 1. The maximum atomic E-state index is 12.6. The summed E-state index contributed by atoms with van der Waals surface area (Å²) in [6, 6.07) is 12.6. The molecule has 0 heterocycles. The van der Waals surface area contributed by atoms with E-state index in [4.69, 9.17) is 11.6 Å². The quantitative estimate of drug-likeness (QED) is 0.384. The van der Waals surface area contributed by atoms with E-state index >= 15 is 0 Å². The van der Waals surface area contributed by atoms with Gasteiger partial charge in [0.05, 0.1) is 0 Å². The van der Waals surface area contributed by atoms with Crippen molar-refractivity contribution in [1.29, 1.82) is 0 Å². The van der Waals surface area contributed by atoms with E-state index in [9.17, 15) is 13.2 Å². The highest BCUT2D eigenvalue weighted by molar-refractivity contribution is 6.04. The molecule has 0 saturated heterocycles. The van der Waals surface area contributed by atoms with Crippen LogP contribution in [-0.2, 0) is 0 Å². The third kappa shape index (κ3) is 3.23. The van der Waals surface area contributed by atoms with Crippen LogP contribution in [0.4, 0.5) is 13.2 Å². The number of rotatable bonds is 2. The van der Waals surface area contributed by atoms with Gasteiger partial charge in [-0.2, -0.15) is 13.2 Å². The summed E-state index contributed by atoms with van der Waals surface area (Å²) in [6.07, 6.45) is 0.551. The summed E-state index contributed by atoms with van der Waals surface area (Å²) in [6.45, 7) is 0. The lowest BCUT2D eigenvalue weighted by atomic mass is 10.0. The van der Waals surface area contributed by atoms with Crippen molar-refractivity contribution in [3.63, 3.8) is 0 Å². The fourth-order valence-corrected chi connectivity index (χ4v) is 1.86. The molecule has 0 radical (unpaired) electrons. The van der Waals surface area contributed by atoms with E-state index in [0.29, 0.717) is 0 Å². The van der Waals surface area contributed by atoms with Gasteiger partial charge in [0, 0.05) is 11.1 Å². The molecule has 0 saturated carbocycles. The average Bonchev–Trinajstić information content (AvgIpc) is 2.47. The van der Waals surface area contributed by atoms with Crippen LogP contribution >= 0.6 is 0 Å². The lowest BCUT2D eigenvalue weighted by Gasteiger charge is -2.09. The molecular formula is C16H10F3NO. The Morgan fingerprint density at radius 1 is 0.952 bits per heavy atom. The minimum atomic E-state index is -4.70. The van der Waals surface area contributed by atoms with Gasteiger partial charge in [-0.25, -0.2) is 0 Å². The van der Waals surface area contributed by atoms with Gasteiger partial charge >= 0.3 is 6.18 Å². The zero-order chi connectivity index (χ0) is 15.5. The highest BCUT2D eigenvalue weighted by Crippen LogP contribution is 2.25. The molecule has 2 nitrogen and oxygen atoms in total. The van der Waals surface area contributed by atoms with Gasteiger partial charge in [-0.05, 0) is 23.3 Å². The van der Waals surface area contributed by atoms with Crippen molar-refractivity contribution in [2.75, 3.05) is 0 Å². The molecule has 0 aromatic heterocycles. The second-order valence-corrected chi connectivity index (χ2v) is 4.25. The molecule has 0 aliphatic carbocycles. The van der Waals surface area contributed by atoms with Gasteiger partial charge in [0.15, 0.2) is 5.71 Å². The molecule has 21 heavy (non-hydrogen) atoms. The average molecular weight is 289 g/mol. The van der Waals surface area contributed by atoms with E-state index in [1.807, 2.05) is 0 Å². The zero-order valence-electron chi connectivity index (χ0n) is 10.7. The van der Waals surface area contributed by atoms with E-state index < -0.39 is 11.9 Å². The largest absolute Gasteiger partial charge is 0.437 e. The Balaban J connectivity index is 2.32. The first-order valence-electron chi connectivity index (χ1n) is 5.92. The Morgan fingerprint density at radius 3 is 1.81 bits per heavy atom. The maximum absolute atomic E-state index is 12.6. The van der Waals surface area contributed by atoms with Gasteiger partial charge in [0.25, 0.3) is 0 Å². The number of oxime groups is 1. The lowest BCUT2D eigenvalue weighted by molar-refractivity contribution is -0.0601. The standard InChI is InChI=1S/C16H10F3NO/c1-2-11-3-5-12(6-4-11)13-7-9-14(10-8-13)15(20-21)16(17,18)19/h1,3-10,21H/b20-15-. The summed E-state index contributed by atoms with van der Waals surface area (Å²) in [4.78, 5) is 0. The van der Waals surface area contributed by atoms with Crippen molar-refractivity contribution >= 4 is 5.71 Å². The van der Waals surface area contributed by atoms with Gasteiger partial charge in [-0.1, -0.05) is 47.5 Å². The van der Waals surface area contributed by atoms with Crippen LogP contribution in [0, 0.1) is 12.3 Å². The Bertz CT molecular complexity index is 692. The second kappa shape index (κ2) is 5.71. The topological polar surface area (TPSA) is 32.6 Å². The molecular weight excluding hydrogens is 279 g/mol. The van der Waals surface area contributed by atoms with E-state index in [2.05, 4.69) is 11.1 Å². The summed E-state index contributed by atoms with van der Waals surface area (Å²) >= 11 is 0. The molecule has 1 N–H and O–H groups in total. The normalized spacial score (nSPS) is 12.0. The molecule has 0 fully saturated rings. The van der Waals surface area contributed by atoms with Gasteiger partial charge in [0.1, 0.15) is 0 Å². The van der Waals surface area contributed by atoms with Crippen LogP contribution < -0.4 is 0 Å². The number of alkyl halides is 3. The Kier molecular flexibility index (Phi) is 3.99. The van der Waals surface area contributed by atoms with E-state index in [0.717, 1.165) is 16.7 Å². The van der Waals surface area contributed by atoms with E-state index in [1.54, 1.807) is 24.3 Å². The van der Waals surface area contributed by atoms with Crippen LogP contribution in [-0.4, -0.2) is 17.1 Å². The molecule has 0 spiro atoms. The fraction of sp³-hybridized carbons (Fsp3) is 0.0625. The molecule has 0 unspecified atom stereocenters. The van der Waals surface area contributed by atoms with Gasteiger partial charge in [-0.3, -0.25) is 0 Å². The number of hydrogen-bond acceptors (Lipinski definition) is 2. The monoisotopic (exact) mass is 289 g/mol. The number of halogens is 3. The third-order valence-electron chi connectivity index (χ3n) is 2.91. The molecule has 0 atom stereocenters. The Hall–Kier alpha value is -2.74. The molecule has 2 aromatic carbocycles. The molecule has 0 bridgehead atoms. The number of benzene rings is 2. The molecule has 2 rings (SSSR count). The Labute approximate surface area is 119 Å². The molecule has 2 aromatic rings. The van der Waals surface area contributed by atoms with Crippen LogP contribution in [0.25, 0.3) is 11.1 Å². The first-order valence-corrected chi connectivity index (χ1v) is 5.92. The third-order valence-corrected chi connectivity index (χ3v) is 2.91. The van der Waals surface area contributed by atoms with Gasteiger partial charge < -0.3 is 5.21 Å². The zero-order valence-corrected chi connectivity index (χ0v) is 10.7. The van der Waals surface area contributed by atoms with Gasteiger partial charge in [0.2, 0.25) is 0 Å². The molecule has 0 aliphatic rings. The van der Waals surface area contributed by atoms with Crippen molar-refractivity contribution in [3.05, 3.63) is 59.7 Å². The second-order valence-electron chi connectivity index (χ2n) is 4.25. The SMILES string of the molecule is C#Cc1ccc(-c2ccc(/C(=N/O)C(F)(F)F)cc2)cc1. The van der Waals surface area contributed by atoms with Crippen LogP contribution in [0.2, 0.25) is 0 Å². The highest BCUT2D eigenvalue weighted by Gasteiger charge is 2.37. The summed E-state index contributed by atoms with van der Waals surface area (Å²) in [7, 11) is 0. The van der Waals surface area contributed by atoms with Crippen molar-refractivity contribution in [2.45, 2.75) is 6.18 Å². The smallest absolute Gasteiger partial charge is 0.410 e. The number of hydrogen-bond donors (Lipinski definition) is 1. The Morgan fingerprint density at radius 2 is 1.43 bits per heavy atom. The van der Waals surface area contributed by atoms with E-state index in [-0.39, 0.29) is 5.56 Å². The molecule has 0 aliphatic heterocycles. The van der Waals surface area contributed by atoms with Crippen LogP contribution in [0.1, 0.15) is 11.1 Å². The predicted molar refractivity (Wildman–Crippen MR) is 74.2 cm³/mol. The molecule has 0 amide bonds. The first kappa shape index (κ1) is 14.7. The summed E-state index contributed by atoms with van der Waals surface area (Å²) in [5.74, 6) is 2.49. The minimum Gasteiger partial charge on any atom is -0.410 e. The van der Waals surface area contributed by atoms with Crippen LogP contribution in [0.5, 0.6) is 0 Å². The summed E-state index contributed by atoms with van der Waals surface area (Å²) in [5, 5.41) is 10.8. The van der Waals surface area contributed by atoms with E-state index in [1.165, 1.54) is 24.3 Å². The lowest BCUT2D eigenvalue weighted by Crippen LogP contribution is -2.23. The predicted octanol–water partition coefficient (Wildman–Crippen LogP) is 4.08. The molecule has 106 valence electrons. The summed E-state index contributed by atoms with van der Waals surface area (Å²) in [5.41, 5.74) is 0.768. The number of nitrogens with zero attached hydrogens (tertiary/aromatic N) is 1.